The van der Waals surface area contributed by atoms with Crippen LogP contribution < -0.4 is 9.62 Å². The van der Waals surface area contributed by atoms with Crippen LogP contribution in [0.2, 0.25) is 0 Å². The highest BCUT2D eigenvalue weighted by Gasteiger charge is 2.19. The van der Waals surface area contributed by atoms with Crippen LogP contribution in [0.4, 0.5) is 11.4 Å². The third-order valence-corrected chi connectivity index (χ3v) is 5.19. The summed E-state index contributed by atoms with van der Waals surface area (Å²) < 4.78 is 25.3. The summed E-state index contributed by atoms with van der Waals surface area (Å²) in [6.45, 7) is 3.93. The van der Waals surface area contributed by atoms with Gasteiger partial charge in [0.2, 0.25) is 15.9 Å². The first-order chi connectivity index (χ1) is 12.2. The number of rotatable bonds is 6. The van der Waals surface area contributed by atoms with Crippen LogP contribution in [-0.2, 0) is 14.8 Å². The predicted molar refractivity (Wildman–Crippen MR) is 103 cm³/mol. The molecule has 0 heterocycles. The minimum absolute atomic E-state index is 0.00320. The predicted octanol–water partition coefficient (Wildman–Crippen LogP) is 2.97. The second-order valence-corrected chi connectivity index (χ2v) is 8.00. The summed E-state index contributed by atoms with van der Waals surface area (Å²) in [5.74, 6) is -0.279. The maximum absolute atomic E-state index is 12.2. The van der Waals surface area contributed by atoms with Crippen molar-refractivity contribution in [2.45, 2.75) is 20.3 Å². The van der Waals surface area contributed by atoms with E-state index in [1.807, 2.05) is 38.1 Å². The second kappa shape index (κ2) is 8.02. The average molecular weight is 371 g/mol. The zero-order chi connectivity index (χ0) is 19.3. The van der Waals surface area contributed by atoms with E-state index in [0.717, 1.165) is 21.7 Å². The lowest BCUT2D eigenvalue weighted by Crippen LogP contribution is -2.33. The van der Waals surface area contributed by atoms with Crippen molar-refractivity contribution in [3.05, 3.63) is 59.2 Å². The van der Waals surface area contributed by atoms with Crippen molar-refractivity contribution in [2.75, 3.05) is 22.4 Å². The third-order valence-electron chi connectivity index (χ3n) is 4.00. The van der Waals surface area contributed by atoms with Crippen LogP contribution in [0, 0.1) is 25.2 Å². The van der Waals surface area contributed by atoms with Gasteiger partial charge in [-0.05, 0) is 55.3 Å². The van der Waals surface area contributed by atoms with Crippen LogP contribution in [0.1, 0.15) is 23.1 Å². The van der Waals surface area contributed by atoms with Gasteiger partial charge in [-0.3, -0.25) is 9.10 Å². The molecule has 0 aliphatic carbocycles. The Morgan fingerprint density at radius 3 is 2.50 bits per heavy atom. The number of carbonyl (C=O) groups is 1. The fraction of sp³-hybridized carbons (Fsp3) is 0.263. The Hall–Kier alpha value is -2.85. The molecule has 2 aromatic rings. The largest absolute Gasteiger partial charge is 0.326 e. The van der Waals surface area contributed by atoms with Gasteiger partial charge in [0.25, 0.3) is 0 Å². The molecule has 0 aliphatic rings. The molecule has 1 N–H and O–H groups in total. The zero-order valence-electron chi connectivity index (χ0n) is 15.0. The Labute approximate surface area is 154 Å². The van der Waals surface area contributed by atoms with Crippen LogP contribution in [0.5, 0.6) is 0 Å². The van der Waals surface area contributed by atoms with Crippen molar-refractivity contribution in [3.8, 4) is 6.07 Å². The monoisotopic (exact) mass is 371 g/mol. The van der Waals surface area contributed by atoms with Crippen LogP contribution >= 0.6 is 0 Å². The number of nitrogens with zero attached hydrogens (tertiary/aromatic N) is 2. The molecule has 26 heavy (non-hydrogen) atoms. The first-order valence-corrected chi connectivity index (χ1v) is 9.90. The number of hydrogen-bond donors (Lipinski definition) is 1. The molecule has 0 spiro atoms. The maximum atomic E-state index is 12.2. The lowest BCUT2D eigenvalue weighted by Gasteiger charge is -2.22. The quantitative estimate of drug-likeness (QED) is 0.845. The van der Waals surface area contributed by atoms with Gasteiger partial charge >= 0.3 is 0 Å². The number of nitrogens with one attached hydrogen (secondary N) is 1. The van der Waals surface area contributed by atoms with E-state index in [-0.39, 0.29) is 18.9 Å². The van der Waals surface area contributed by atoms with Crippen molar-refractivity contribution >= 4 is 27.3 Å². The summed E-state index contributed by atoms with van der Waals surface area (Å²) in [5, 5.41) is 11.8. The van der Waals surface area contributed by atoms with Crippen molar-refractivity contribution in [2.24, 2.45) is 0 Å². The van der Waals surface area contributed by atoms with E-state index < -0.39 is 10.0 Å². The number of carbonyl (C=O) groups excluding carboxylic acids is 1. The SMILES string of the molecule is Cc1ccc(NC(=O)CCN(c2cccc(C#N)c2)S(C)(=O)=O)cc1C. The number of aryl methyl sites for hydroxylation is 2. The van der Waals surface area contributed by atoms with E-state index >= 15 is 0 Å². The molecule has 2 aromatic carbocycles. The molecule has 7 heteroatoms. The van der Waals surface area contributed by atoms with E-state index in [9.17, 15) is 13.2 Å². The van der Waals surface area contributed by atoms with Gasteiger partial charge in [-0.15, -0.1) is 0 Å². The Kier molecular flexibility index (Phi) is 6.01. The van der Waals surface area contributed by atoms with Gasteiger partial charge in [-0.25, -0.2) is 8.42 Å². The molecule has 0 radical (unpaired) electrons. The van der Waals surface area contributed by atoms with E-state index in [1.54, 1.807) is 18.2 Å². The molecule has 0 saturated carbocycles. The molecule has 0 aromatic heterocycles. The van der Waals surface area contributed by atoms with E-state index in [4.69, 9.17) is 5.26 Å². The summed E-state index contributed by atoms with van der Waals surface area (Å²) >= 11 is 0. The zero-order valence-corrected chi connectivity index (χ0v) is 15.8. The lowest BCUT2D eigenvalue weighted by molar-refractivity contribution is -0.116. The Bertz CT molecular complexity index is 962. The number of anilines is 2. The Balaban J connectivity index is 2.11. The van der Waals surface area contributed by atoms with Gasteiger partial charge in [0.15, 0.2) is 0 Å². The molecular weight excluding hydrogens is 350 g/mol. The Morgan fingerprint density at radius 1 is 1.15 bits per heavy atom. The molecule has 0 atom stereocenters. The molecule has 0 fully saturated rings. The van der Waals surface area contributed by atoms with Gasteiger partial charge < -0.3 is 5.32 Å². The average Bonchev–Trinajstić information content (AvgIpc) is 2.57. The van der Waals surface area contributed by atoms with Gasteiger partial charge in [0.1, 0.15) is 0 Å². The van der Waals surface area contributed by atoms with Crippen LogP contribution in [0.15, 0.2) is 42.5 Å². The fourth-order valence-electron chi connectivity index (χ4n) is 2.46. The molecule has 0 saturated heterocycles. The van der Waals surface area contributed by atoms with Gasteiger partial charge in [-0.1, -0.05) is 12.1 Å². The Morgan fingerprint density at radius 2 is 1.88 bits per heavy atom. The summed E-state index contributed by atoms with van der Waals surface area (Å²) in [6, 6.07) is 13.9. The normalized spacial score (nSPS) is 10.8. The molecule has 0 unspecified atom stereocenters. The first-order valence-electron chi connectivity index (χ1n) is 8.05. The molecule has 6 nitrogen and oxygen atoms in total. The molecule has 0 aliphatic heterocycles. The summed E-state index contributed by atoms with van der Waals surface area (Å²) in [7, 11) is -3.58. The molecule has 2 rings (SSSR count). The smallest absolute Gasteiger partial charge is 0.232 e. The number of benzene rings is 2. The van der Waals surface area contributed by atoms with Gasteiger partial charge in [0.05, 0.1) is 23.6 Å². The molecule has 0 bridgehead atoms. The molecular formula is C19H21N3O3S. The summed E-state index contributed by atoms with van der Waals surface area (Å²) in [5.41, 5.74) is 3.59. The highest BCUT2D eigenvalue weighted by Crippen LogP contribution is 2.20. The van der Waals surface area contributed by atoms with E-state index in [2.05, 4.69) is 5.32 Å². The number of amides is 1. The molecule has 136 valence electrons. The van der Waals surface area contributed by atoms with Gasteiger partial charge in [-0.2, -0.15) is 5.26 Å². The van der Waals surface area contributed by atoms with Crippen molar-refractivity contribution in [3.63, 3.8) is 0 Å². The third kappa shape index (κ3) is 5.07. The summed E-state index contributed by atoms with van der Waals surface area (Å²) in [4.78, 5) is 12.2. The van der Waals surface area contributed by atoms with E-state index in [1.165, 1.54) is 6.07 Å². The van der Waals surface area contributed by atoms with Gasteiger partial charge in [0, 0.05) is 18.7 Å². The van der Waals surface area contributed by atoms with E-state index in [0.29, 0.717) is 16.9 Å². The second-order valence-electron chi connectivity index (χ2n) is 6.09. The highest BCUT2D eigenvalue weighted by molar-refractivity contribution is 7.92. The van der Waals surface area contributed by atoms with Crippen molar-refractivity contribution in [1.29, 1.82) is 5.26 Å². The first kappa shape index (κ1) is 19.5. The standard InChI is InChI=1S/C19H21N3O3S/c1-14-7-8-17(11-15(14)2)21-19(23)9-10-22(26(3,24)25)18-6-4-5-16(12-18)13-20/h4-8,11-12H,9-10H2,1-3H3,(H,21,23). The number of nitriles is 1. The van der Waals surface area contributed by atoms with Crippen molar-refractivity contribution < 1.29 is 13.2 Å². The number of hydrogen-bond acceptors (Lipinski definition) is 4. The highest BCUT2D eigenvalue weighted by atomic mass is 32.2. The maximum Gasteiger partial charge on any atom is 0.232 e. The van der Waals surface area contributed by atoms with Crippen LogP contribution in [-0.4, -0.2) is 27.1 Å². The topological polar surface area (TPSA) is 90.3 Å². The summed E-state index contributed by atoms with van der Waals surface area (Å²) in [6.07, 6.45) is 1.07. The fourth-order valence-corrected chi connectivity index (χ4v) is 3.38. The van der Waals surface area contributed by atoms with Crippen molar-refractivity contribution in [1.82, 2.24) is 0 Å². The minimum Gasteiger partial charge on any atom is -0.326 e. The minimum atomic E-state index is -3.58. The number of sulfonamides is 1. The molecule has 1 amide bonds. The lowest BCUT2D eigenvalue weighted by atomic mass is 10.1. The van der Waals surface area contributed by atoms with Crippen LogP contribution in [0.3, 0.4) is 0 Å². The van der Waals surface area contributed by atoms with Crippen LogP contribution in [0.25, 0.3) is 0 Å².